The van der Waals surface area contributed by atoms with Crippen molar-refractivity contribution in [2.45, 2.75) is 12.8 Å². The van der Waals surface area contributed by atoms with E-state index < -0.39 is 0 Å². The number of amides is 2. The highest BCUT2D eigenvalue weighted by atomic mass is 16.5. The summed E-state index contributed by atoms with van der Waals surface area (Å²) >= 11 is 0. The summed E-state index contributed by atoms with van der Waals surface area (Å²) in [6.45, 7) is 6.47. The van der Waals surface area contributed by atoms with Crippen molar-refractivity contribution in [1.29, 1.82) is 0 Å². The Labute approximate surface area is 194 Å². The highest BCUT2D eigenvalue weighted by molar-refractivity contribution is 6.07. The van der Waals surface area contributed by atoms with Crippen molar-refractivity contribution in [3.63, 3.8) is 0 Å². The lowest BCUT2D eigenvalue weighted by molar-refractivity contribution is 0.0383. The zero-order valence-corrected chi connectivity index (χ0v) is 19.1. The number of nitrogens with zero attached hydrogens (tertiary/aromatic N) is 2. The van der Waals surface area contributed by atoms with Crippen LogP contribution < -0.4 is 20.3 Å². The van der Waals surface area contributed by atoms with E-state index in [1.54, 1.807) is 24.3 Å². The van der Waals surface area contributed by atoms with Gasteiger partial charge >= 0.3 is 0 Å². The second kappa shape index (κ2) is 11.2. The van der Waals surface area contributed by atoms with E-state index >= 15 is 0 Å². The zero-order chi connectivity index (χ0) is 23.0. The fourth-order valence-electron chi connectivity index (χ4n) is 4.31. The molecule has 0 unspecified atom stereocenters. The Morgan fingerprint density at radius 3 is 2.48 bits per heavy atom. The summed E-state index contributed by atoms with van der Waals surface area (Å²) in [6.07, 6.45) is 2.23. The van der Waals surface area contributed by atoms with Crippen molar-refractivity contribution in [3.05, 3.63) is 53.6 Å². The lowest BCUT2D eigenvalue weighted by Crippen LogP contribution is -2.41. The standard InChI is InChI=1S/C25H32N4O4/c1-32-23-7-3-2-6-20(23)25(31)27-19-8-9-22(29-11-4-5-12-29)21(18-19)24(30)26-10-13-28-14-16-33-17-15-28/h2-3,6-9,18H,4-5,10-17H2,1H3,(H,26,30)(H,27,31). The van der Waals surface area contributed by atoms with E-state index in [2.05, 4.69) is 20.4 Å². The SMILES string of the molecule is COc1ccccc1C(=O)Nc1ccc(N2CCCC2)c(C(=O)NCCN2CCOCC2)c1. The molecule has 8 heteroatoms. The van der Waals surface area contributed by atoms with Gasteiger partial charge in [-0.25, -0.2) is 0 Å². The second-order valence-corrected chi connectivity index (χ2v) is 8.29. The Kier molecular flexibility index (Phi) is 7.80. The molecule has 2 amide bonds. The lowest BCUT2D eigenvalue weighted by atomic mass is 10.1. The van der Waals surface area contributed by atoms with Gasteiger partial charge in [0.25, 0.3) is 11.8 Å². The summed E-state index contributed by atoms with van der Waals surface area (Å²) < 4.78 is 10.7. The molecule has 2 aromatic rings. The second-order valence-electron chi connectivity index (χ2n) is 8.29. The van der Waals surface area contributed by atoms with Crippen LogP contribution in [-0.4, -0.2) is 76.3 Å². The minimum Gasteiger partial charge on any atom is -0.496 e. The number of nitrogens with one attached hydrogen (secondary N) is 2. The normalized spacial score (nSPS) is 16.5. The first kappa shape index (κ1) is 23.1. The van der Waals surface area contributed by atoms with Crippen LogP contribution in [0.3, 0.4) is 0 Å². The van der Waals surface area contributed by atoms with E-state index in [0.29, 0.717) is 29.1 Å². The summed E-state index contributed by atoms with van der Waals surface area (Å²) in [7, 11) is 1.54. The van der Waals surface area contributed by atoms with Gasteiger partial charge in [-0.3, -0.25) is 14.5 Å². The maximum absolute atomic E-state index is 13.2. The summed E-state index contributed by atoms with van der Waals surface area (Å²) in [6, 6.07) is 12.6. The minimum atomic E-state index is -0.278. The van der Waals surface area contributed by atoms with Gasteiger partial charge in [-0.15, -0.1) is 0 Å². The predicted octanol–water partition coefficient (Wildman–Crippen LogP) is 2.61. The molecule has 2 saturated heterocycles. The molecule has 176 valence electrons. The molecule has 0 aliphatic carbocycles. The predicted molar refractivity (Wildman–Crippen MR) is 128 cm³/mol. The number of carbonyl (C=O) groups excluding carboxylic acids is 2. The van der Waals surface area contributed by atoms with E-state index in [0.717, 1.165) is 64.5 Å². The molecule has 2 fully saturated rings. The fourth-order valence-corrected chi connectivity index (χ4v) is 4.31. The maximum Gasteiger partial charge on any atom is 0.259 e. The number of carbonyl (C=O) groups is 2. The highest BCUT2D eigenvalue weighted by Crippen LogP contribution is 2.28. The summed E-state index contributed by atoms with van der Waals surface area (Å²) in [5, 5.41) is 5.97. The van der Waals surface area contributed by atoms with Crippen LogP contribution in [0.5, 0.6) is 5.75 Å². The van der Waals surface area contributed by atoms with Crippen molar-refractivity contribution in [3.8, 4) is 5.75 Å². The molecule has 33 heavy (non-hydrogen) atoms. The van der Waals surface area contributed by atoms with E-state index in [9.17, 15) is 9.59 Å². The van der Waals surface area contributed by atoms with Crippen molar-refractivity contribution in [2.24, 2.45) is 0 Å². The van der Waals surface area contributed by atoms with Gasteiger partial charge < -0.3 is 25.0 Å². The number of hydrogen-bond donors (Lipinski definition) is 2. The molecule has 0 spiro atoms. The van der Waals surface area contributed by atoms with Crippen LogP contribution in [0.2, 0.25) is 0 Å². The summed E-state index contributed by atoms with van der Waals surface area (Å²) in [5.74, 6) is 0.100. The number of anilines is 2. The van der Waals surface area contributed by atoms with Crippen molar-refractivity contribution < 1.29 is 19.1 Å². The smallest absolute Gasteiger partial charge is 0.259 e. The van der Waals surface area contributed by atoms with Gasteiger partial charge in [-0.05, 0) is 43.2 Å². The molecule has 0 radical (unpaired) electrons. The third kappa shape index (κ3) is 5.83. The van der Waals surface area contributed by atoms with Crippen LogP contribution in [0.1, 0.15) is 33.6 Å². The Bertz CT molecular complexity index is 969. The average molecular weight is 453 g/mol. The Morgan fingerprint density at radius 2 is 1.73 bits per heavy atom. The molecular formula is C25H32N4O4. The molecule has 0 bridgehead atoms. The van der Waals surface area contributed by atoms with Crippen LogP contribution in [0.15, 0.2) is 42.5 Å². The van der Waals surface area contributed by atoms with Crippen LogP contribution in [0.4, 0.5) is 11.4 Å². The van der Waals surface area contributed by atoms with Gasteiger partial charge in [0.1, 0.15) is 5.75 Å². The first-order valence-electron chi connectivity index (χ1n) is 11.6. The number of para-hydroxylation sites is 1. The van der Waals surface area contributed by atoms with Crippen LogP contribution in [-0.2, 0) is 4.74 Å². The monoisotopic (exact) mass is 452 g/mol. The molecule has 4 rings (SSSR count). The Balaban J connectivity index is 1.49. The van der Waals surface area contributed by atoms with Gasteiger partial charge in [0.2, 0.25) is 0 Å². The number of morpholine rings is 1. The van der Waals surface area contributed by atoms with E-state index in [1.807, 2.05) is 18.2 Å². The third-order valence-corrected chi connectivity index (χ3v) is 6.11. The maximum atomic E-state index is 13.2. The van der Waals surface area contributed by atoms with Crippen LogP contribution in [0, 0.1) is 0 Å². The molecule has 2 aromatic carbocycles. The molecule has 2 N–H and O–H groups in total. The minimum absolute atomic E-state index is 0.126. The third-order valence-electron chi connectivity index (χ3n) is 6.11. The summed E-state index contributed by atoms with van der Waals surface area (Å²) in [4.78, 5) is 30.5. The highest BCUT2D eigenvalue weighted by Gasteiger charge is 2.21. The zero-order valence-electron chi connectivity index (χ0n) is 19.1. The fraction of sp³-hybridized carbons (Fsp3) is 0.440. The first-order valence-corrected chi connectivity index (χ1v) is 11.6. The van der Waals surface area contributed by atoms with Crippen molar-refractivity contribution in [2.75, 3.05) is 69.8 Å². The largest absolute Gasteiger partial charge is 0.496 e. The number of benzene rings is 2. The molecule has 2 heterocycles. The summed E-state index contributed by atoms with van der Waals surface area (Å²) in [5.41, 5.74) is 2.51. The van der Waals surface area contributed by atoms with Gasteiger partial charge in [0.15, 0.2) is 0 Å². The lowest BCUT2D eigenvalue weighted by Gasteiger charge is -2.26. The van der Waals surface area contributed by atoms with Gasteiger partial charge in [-0.2, -0.15) is 0 Å². The number of ether oxygens (including phenoxy) is 2. The number of rotatable bonds is 8. The quantitative estimate of drug-likeness (QED) is 0.641. The molecule has 2 aliphatic heterocycles. The number of hydrogen-bond acceptors (Lipinski definition) is 6. The van der Waals surface area contributed by atoms with Gasteiger partial charge in [0.05, 0.1) is 31.5 Å². The molecule has 2 aliphatic rings. The molecule has 8 nitrogen and oxygen atoms in total. The van der Waals surface area contributed by atoms with E-state index in [4.69, 9.17) is 9.47 Å². The van der Waals surface area contributed by atoms with Crippen molar-refractivity contribution in [1.82, 2.24) is 10.2 Å². The van der Waals surface area contributed by atoms with Crippen LogP contribution >= 0.6 is 0 Å². The average Bonchev–Trinajstić information content (AvgIpc) is 3.39. The van der Waals surface area contributed by atoms with E-state index in [-0.39, 0.29) is 11.8 Å². The van der Waals surface area contributed by atoms with Gasteiger partial charge in [0, 0.05) is 50.6 Å². The Morgan fingerprint density at radius 1 is 0.970 bits per heavy atom. The Hall–Kier alpha value is -3.10. The van der Waals surface area contributed by atoms with E-state index in [1.165, 1.54) is 7.11 Å². The number of methoxy groups -OCH3 is 1. The molecule has 0 aromatic heterocycles. The van der Waals surface area contributed by atoms with Crippen LogP contribution in [0.25, 0.3) is 0 Å². The molecular weight excluding hydrogens is 420 g/mol. The molecule has 0 atom stereocenters. The topological polar surface area (TPSA) is 83.1 Å². The van der Waals surface area contributed by atoms with Crippen molar-refractivity contribution >= 4 is 23.2 Å². The first-order chi connectivity index (χ1) is 16.2. The molecule has 0 saturated carbocycles. The van der Waals surface area contributed by atoms with Gasteiger partial charge in [-0.1, -0.05) is 12.1 Å².